The lowest BCUT2D eigenvalue weighted by Crippen LogP contribution is -2.34. The summed E-state index contributed by atoms with van der Waals surface area (Å²) in [6, 6.07) is 7.87. The van der Waals surface area contributed by atoms with Crippen LogP contribution in [0.4, 0.5) is 5.82 Å². The first-order valence-electron chi connectivity index (χ1n) is 10.7. The monoisotopic (exact) mass is 442 g/mol. The molecule has 3 aromatic heterocycles. The van der Waals surface area contributed by atoms with Gasteiger partial charge in [0.25, 0.3) is 5.91 Å². The molecule has 4 aromatic rings. The van der Waals surface area contributed by atoms with Gasteiger partial charge in [0.1, 0.15) is 0 Å². The number of piperidine rings is 1. The number of carbonyl (C=O) groups is 1. The summed E-state index contributed by atoms with van der Waals surface area (Å²) in [5, 5.41) is 13.7. The number of aromatic amines is 1. The molecule has 1 saturated heterocycles. The summed E-state index contributed by atoms with van der Waals surface area (Å²) in [5.41, 5.74) is 4.04. The number of hydrogen-bond donors (Lipinski definition) is 2. The van der Waals surface area contributed by atoms with Gasteiger partial charge in [-0.1, -0.05) is 11.2 Å². The molecule has 5 rings (SSSR count). The molecule has 2 N–H and O–H groups in total. The number of anilines is 1. The van der Waals surface area contributed by atoms with Gasteiger partial charge in [-0.3, -0.25) is 24.8 Å². The molecule has 10 nitrogen and oxygen atoms in total. The van der Waals surface area contributed by atoms with Crippen LogP contribution in [0.2, 0.25) is 0 Å². The largest absolute Gasteiger partial charge is 0.304 e. The summed E-state index contributed by atoms with van der Waals surface area (Å²) in [6.45, 7) is 2.48. The number of benzene rings is 1. The van der Waals surface area contributed by atoms with Crippen LogP contribution in [0.1, 0.15) is 28.9 Å². The molecule has 1 aromatic carbocycles. The number of pyridine rings is 1. The third-order valence-corrected chi connectivity index (χ3v) is 5.82. The Labute approximate surface area is 189 Å². The van der Waals surface area contributed by atoms with Crippen molar-refractivity contribution in [3.05, 3.63) is 71.4 Å². The Balaban J connectivity index is 1.37. The summed E-state index contributed by atoms with van der Waals surface area (Å²) in [4.78, 5) is 38.3. The van der Waals surface area contributed by atoms with Gasteiger partial charge < -0.3 is 5.32 Å². The summed E-state index contributed by atoms with van der Waals surface area (Å²) in [5.74, 6) is -0.00125. The number of rotatable bonds is 6. The number of nitrogens with one attached hydrogen (secondary N) is 2. The first-order chi connectivity index (χ1) is 16.2. The quantitative estimate of drug-likeness (QED) is 0.438. The molecule has 4 heterocycles. The van der Waals surface area contributed by atoms with Gasteiger partial charge >= 0.3 is 0 Å². The van der Waals surface area contributed by atoms with Gasteiger partial charge in [-0.25, -0.2) is 4.98 Å². The van der Waals surface area contributed by atoms with Gasteiger partial charge in [0.05, 0.1) is 17.8 Å². The van der Waals surface area contributed by atoms with Gasteiger partial charge in [0, 0.05) is 55.4 Å². The number of H-pyrrole nitrogens is 1. The number of nitroso groups, excluding NO2 is 1. The maximum atomic E-state index is 12.8. The van der Waals surface area contributed by atoms with Crippen LogP contribution in [0.3, 0.4) is 0 Å². The summed E-state index contributed by atoms with van der Waals surface area (Å²) >= 11 is 0. The number of amides is 1. The number of fused-ring (bicyclic) bond motifs is 1. The Morgan fingerprint density at radius 3 is 2.76 bits per heavy atom. The third kappa shape index (κ3) is 4.60. The molecule has 0 saturated carbocycles. The van der Waals surface area contributed by atoms with E-state index in [9.17, 15) is 9.70 Å². The average Bonchev–Trinajstić information content (AvgIpc) is 3.29. The second-order valence-corrected chi connectivity index (χ2v) is 8.07. The average molecular weight is 442 g/mol. The van der Waals surface area contributed by atoms with Crippen molar-refractivity contribution < 1.29 is 4.79 Å². The van der Waals surface area contributed by atoms with Crippen molar-refractivity contribution in [2.45, 2.75) is 25.4 Å². The molecule has 1 aliphatic rings. The van der Waals surface area contributed by atoms with Crippen LogP contribution in [0.15, 0.2) is 60.4 Å². The van der Waals surface area contributed by atoms with Crippen molar-refractivity contribution in [1.29, 1.82) is 0 Å². The van der Waals surface area contributed by atoms with Crippen molar-refractivity contribution in [1.82, 2.24) is 30.0 Å². The molecular weight excluding hydrogens is 420 g/mol. The number of carbonyl (C=O) groups excluding carboxylic acids is 1. The van der Waals surface area contributed by atoms with E-state index in [2.05, 4.69) is 46.6 Å². The maximum absolute atomic E-state index is 12.8. The fraction of sp³-hybridized carbons (Fsp3) is 0.261. The second-order valence-electron chi connectivity index (χ2n) is 8.07. The minimum Gasteiger partial charge on any atom is -0.304 e. The minimum absolute atomic E-state index is 0.0623. The van der Waals surface area contributed by atoms with Crippen LogP contribution in [0, 0.1) is 4.91 Å². The zero-order chi connectivity index (χ0) is 22.6. The van der Waals surface area contributed by atoms with E-state index in [1.807, 2.05) is 30.6 Å². The zero-order valence-electron chi connectivity index (χ0n) is 17.8. The highest BCUT2D eigenvalue weighted by atomic mass is 16.3. The maximum Gasteiger partial charge on any atom is 0.277 e. The predicted octanol–water partition coefficient (Wildman–Crippen LogP) is 3.40. The van der Waals surface area contributed by atoms with E-state index < -0.39 is 0 Å². The van der Waals surface area contributed by atoms with E-state index in [4.69, 9.17) is 0 Å². The fourth-order valence-corrected chi connectivity index (χ4v) is 4.08. The molecular formula is C23H22N8O2. The number of hydrogen-bond acceptors (Lipinski definition) is 8. The highest BCUT2D eigenvalue weighted by Crippen LogP contribution is 2.26. The molecule has 0 bridgehead atoms. The van der Waals surface area contributed by atoms with Gasteiger partial charge in [-0.15, -0.1) is 0 Å². The van der Waals surface area contributed by atoms with Crippen LogP contribution in [-0.4, -0.2) is 55.1 Å². The lowest BCUT2D eigenvalue weighted by molar-refractivity contribution is 0.102. The first kappa shape index (κ1) is 20.8. The first-order valence-corrected chi connectivity index (χ1v) is 10.7. The van der Waals surface area contributed by atoms with Crippen molar-refractivity contribution in [3.63, 3.8) is 0 Å². The van der Waals surface area contributed by atoms with E-state index in [1.165, 1.54) is 12.4 Å². The third-order valence-electron chi connectivity index (χ3n) is 5.82. The Hall–Kier alpha value is -4.05. The van der Waals surface area contributed by atoms with E-state index in [-0.39, 0.29) is 17.6 Å². The number of nitrogens with zero attached hydrogens (tertiary/aromatic N) is 6. The molecule has 1 aliphatic heterocycles. The molecule has 0 unspecified atom stereocenters. The molecule has 166 valence electrons. The van der Waals surface area contributed by atoms with Crippen molar-refractivity contribution in [2.75, 3.05) is 18.4 Å². The van der Waals surface area contributed by atoms with Crippen molar-refractivity contribution >= 4 is 22.6 Å². The van der Waals surface area contributed by atoms with E-state index in [1.54, 1.807) is 6.20 Å². The van der Waals surface area contributed by atoms with Gasteiger partial charge in [-0.2, -0.15) is 10.0 Å². The standard InChI is InChI=1S/C23H22N8O2/c32-23(27-21-13-24-5-6-26-21)22-19-10-16(1-2-20(19)28-29-22)17-9-15(11-25-12-17)14-31-7-3-18(30-33)4-8-31/h1-2,5-6,9-13,18H,3-4,7-8,14H2,(H,28,29)(H,26,27,32). The molecule has 1 fully saturated rings. The van der Waals surface area contributed by atoms with E-state index in [0.717, 1.165) is 54.7 Å². The van der Waals surface area contributed by atoms with Gasteiger partial charge in [-0.05, 0) is 42.2 Å². The van der Waals surface area contributed by atoms with Crippen LogP contribution in [0.5, 0.6) is 0 Å². The highest BCUT2D eigenvalue weighted by Gasteiger charge is 2.20. The van der Waals surface area contributed by atoms with E-state index in [0.29, 0.717) is 11.2 Å². The van der Waals surface area contributed by atoms with Crippen LogP contribution >= 0.6 is 0 Å². The fourth-order valence-electron chi connectivity index (χ4n) is 4.08. The molecule has 0 radical (unpaired) electrons. The summed E-state index contributed by atoms with van der Waals surface area (Å²) in [6.07, 6.45) is 9.81. The van der Waals surface area contributed by atoms with Crippen LogP contribution in [-0.2, 0) is 6.54 Å². The lowest BCUT2D eigenvalue weighted by Gasteiger charge is -2.28. The van der Waals surface area contributed by atoms with E-state index >= 15 is 0 Å². The smallest absolute Gasteiger partial charge is 0.277 e. The number of likely N-dealkylation sites (tertiary alicyclic amines) is 1. The SMILES string of the molecule is O=NC1CCN(Cc2cncc(-c3ccc4[nH]nc(C(=O)Nc5cnccn5)c4c3)c2)CC1. The predicted molar refractivity (Wildman–Crippen MR) is 123 cm³/mol. The Morgan fingerprint density at radius 2 is 1.97 bits per heavy atom. The van der Waals surface area contributed by atoms with Gasteiger partial charge in [0.2, 0.25) is 0 Å². The topological polar surface area (TPSA) is 129 Å². The molecule has 0 atom stereocenters. The Morgan fingerprint density at radius 1 is 1.09 bits per heavy atom. The second kappa shape index (κ2) is 9.21. The van der Waals surface area contributed by atoms with Crippen LogP contribution < -0.4 is 5.32 Å². The minimum atomic E-state index is -0.362. The van der Waals surface area contributed by atoms with Crippen molar-refractivity contribution in [3.8, 4) is 11.1 Å². The Bertz CT molecular complexity index is 1280. The Kier molecular flexibility index (Phi) is 5.81. The van der Waals surface area contributed by atoms with Crippen LogP contribution in [0.25, 0.3) is 22.0 Å². The zero-order valence-corrected chi connectivity index (χ0v) is 17.8. The normalized spacial score (nSPS) is 14.9. The molecule has 0 aliphatic carbocycles. The number of aromatic nitrogens is 5. The highest BCUT2D eigenvalue weighted by molar-refractivity contribution is 6.11. The summed E-state index contributed by atoms with van der Waals surface area (Å²) in [7, 11) is 0. The summed E-state index contributed by atoms with van der Waals surface area (Å²) < 4.78 is 0. The molecule has 0 spiro atoms. The van der Waals surface area contributed by atoms with Gasteiger partial charge in [0.15, 0.2) is 11.5 Å². The van der Waals surface area contributed by atoms with Crippen molar-refractivity contribution in [2.24, 2.45) is 5.18 Å². The molecule has 1 amide bonds. The molecule has 10 heteroatoms. The lowest BCUT2D eigenvalue weighted by atomic mass is 10.0. The molecule has 33 heavy (non-hydrogen) atoms.